The molecule has 10 nitrogen and oxygen atoms in total. The van der Waals surface area contributed by atoms with Gasteiger partial charge in [-0.15, -0.1) is 12.2 Å². The molecule has 0 atom stereocenters. The molecule has 0 bridgehead atoms. The third-order valence-electron chi connectivity index (χ3n) is 7.94. The van der Waals surface area contributed by atoms with Gasteiger partial charge in [-0.3, -0.25) is 9.59 Å². The normalized spacial score (nSPS) is 10.1. The summed E-state index contributed by atoms with van der Waals surface area (Å²) in [5.74, 6) is -4.32. The molecule has 0 unspecified atom stereocenters. The van der Waals surface area contributed by atoms with Crippen molar-refractivity contribution in [2.75, 3.05) is 28.4 Å². The number of nitrogens with zero attached hydrogens (tertiary/aromatic N) is 2. The van der Waals surface area contributed by atoms with E-state index in [0.717, 1.165) is 28.4 Å². The Labute approximate surface area is 422 Å². The van der Waals surface area contributed by atoms with Gasteiger partial charge in [0.05, 0.1) is 40.6 Å². The van der Waals surface area contributed by atoms with Crippen LogP contribution >= 0.6 is 15.8 Å². The summed E-state index contributed by atoms with van der Waals surface area (Å²) >= 11 is 0. The van der Waals surface area contributed by atoms with E-state index in [1.807, 2.05) is 12.2 Å². The molecule has 0 aromatic heterocycles. The predicted octanol–water partition coefficient (Wildman–Crippen LogP) is 8.38. The minimum absolute atomic E-state index is 0. The smallest absolute Gasteiger partial charge is 0.531 e. The zero-order valence-electron chi connectivity index (χ0n) is 38.8. The maximum Gasteiger partial charge on any atom is 3.00 e. The maximum absolute atomic E-state index is 11.5. The SMILES string of the molecule is CC#N.CC#N.COC(=O)[C-]=C(C(=O)OC)C(=[C-]C(=O)OC)C(=O)OC.F[B-](F)(F)F.[Ir+3].c1ccc(P(c2ccccc2)c2ccccc2)cc1.c1ccc(P(c2ccccc2)c2ccccc2)cc1. The van der Waals surface area contributed by atoms with Crippen molar-refractivity contribution in [2.24, 2.45) is 0 Å². The van der Waals surface area contributed by atoms with Gasteiger partial charge in [-0.05, 0) is 47.7 Å². The van der Waals surface area contributed by atoms with Gasteiger partial charge >= 0.3 is 27.4 Å². The molecule has 0 fully saturated rings. The second kappa shape index (κ2) is 36.9. The minimum atomic E-state index is -6.00. The summed E-state index contributed by atoms with van der Waals surface area (Å²) in [6.45, 7) is 2.86. The Morgan fingerprint density at radius 3 is 0.700 bits per heavy atom. The number of hydrogen-bond acceptors (Lipinski definition) is 10. The largest absolute Gasteiger partial charge is 3.00 e. The Bertz CT molecular complexity index is 2210. The van der Waals surface area contributed by atoms with Gasteiger partial charge in [0.1, 0.15) is 0 Å². The first kappa shape index (κ1) is 63.0. The van der Waals surface area contributed by atoms with Crippen molar-refractivity contribution >= 4 is 78.8 Å². The molecule has 6 aromatic carbocycles. The van der Waals surface area contributed by atoms with E-state index in [4.69, 9.17) is 10.5 Å². The van der Waals surface area contributed by atoms with Crippen molar-refractivity contribution in [3.8, 4) is 12.1 Å². The van der Waals surface area contributed by atoms with Crippen LogP contribution in [0.5, 0.6) is 0 Å². The zero-order chi connectivity index (χ0) is 51.5. The number of halogens is 4. The van der Waals surface area contributed by atoms with Crippen molar-refractivity contribution in [3.05, 3.63) is 205 Å². The van der Waals surface area contributed by atoms with Crippen molar-refractivity contribution in [3.63, 3.8) is 0 Å². The number of rotatable bonds is 11. The number of nitriles is 2. The Balaban J connectivity index is 0.000000914. The fourth-order valence-electron chi connectivity index (χ4n) is 5.30. The van der Waals surface area contributed by atoms with Crippen LogP contribution in [0, 0.1) is 34.8 Å². The number of carbonyl (C=O) groups is 4. The van der Waals surface area contributed by atoms with Crippen LogP contribution in [0.25, 0.3) is 0 Å². The first-order valence-electron chi connectivity index (χ1n) is 20.1. The third-order valence-corrected chi connectivity index (χ3v) is 12.8. The summed E-state index contributed by atoms with van der Waals surface area (Å²) in [6, 6.07) is 68.2. The van der Waals surface area contributed by atoms with E-state index in [2.05, 4.69) is 201 Å². The first-order chi connectivity index (χ1) is 33.1. The van der Waals surface area contributed by atoms with Gasteiger partial charge in [-0.25, -0.2) is 11.1 Å². The fourth-order valence-corrected chi connectivity index (χ4v) is 9.91. The molecule has 0 saturated carbocycles. The zero-order valence-corrected chi connectivity index (χ0v) is 43.0. The molecule has 0 spiro atoms. The van der Waals surface area contributed by atoms with E-state index in [9.17, 15) is 36.4 Å². The Morgan fingerprint density at radius 1 is 0.414 bits per heavy atom. The van der Waals surface area contributed by atoms with E-state index < -0.39 is 58.1 Å². The van der Waals surface area contributed by atoms with Crippen LogP contribution < -0.4 is 31.8 Å². The maximum atomic E-state index is 11.5. The van der Waals surface area contributed by atoms with Crippen molar-refractivity contribution < 1.29 is 75.5 Å². The summed E-state index contributed by atoms with van der Waals surface area (Å²) in [7, 11) is -2.80. The van der Waals surface area contributed by atoms with Crippen LogP contribution in [-0.2, 0) is 58.2 Å². The van der Waals surface area contributed by atoms with Crippen LogP contribution in [0.4, 0.5) is 17.3 Å². The molecule has 0 saturated heterocycles. The monoisotopic (exact) mass is 1170 g/mol. The molecule has 0 aliphatic heterocycles. The second-order valence-corrected chi connectivity index (χ2v) is 17.0. The third kappa shape index (κ3) is 25.4. The number of ether oxygens (including phenoxy) is 4. The second-order valence-electron chi connectivity index (χ2n) is 12.6. The van der Waals surface area contributed by atoms with Crippen LogP contribution in [0.15, 0.2) is 193 Å². The molecule has 0 aliphatic carbocycles. The first-order valence-corrected chi connectivity index (χ1v) is 22.8. The summed E-state index contributed by atoms with van der Waals surface area (Å²) in [5, 5.41) is 23.0. The summed E-state index contributed by atoms with van der Waals surface area (Å²) in [5.41, 5.74) is -1.34. The average Bonchev–Trinajstić information content (AvgIpc) is 3.37. The topological polar surface area (TPSA) is 153 Å². The van der Waals surface area contributed by atoms with Crippen LogP contribution in [-0.4, -0.2) is 59.6 Å². The number of methoxy groups -OCH3 is 4. The van der Waals surface area contributed by atoms with Gasteiger partial charge in [-0.2, -0.15) is 10.5 Å². The van der Waals surface area contributed by atoms with Crippen molar-refractivity contribution in [1.82, 2.24) is 0 Å². The van der Waals surface area contributed by atoms with E-state index in [-0.39, 0.29) is 20.1 Å². The van der Waals surface area contributed by atoms with E-state index in [1.165, 1.54) is 45.7 Å². The average molecular weight is 1170 g/mol. The Hall–Kier alpha value is -7.05. The molecule has 0 N–H and O–H groups in total. The molecule has 0 radical (unpaired) electrons. The van der Waals surface area contributed by atoms with E-state index in [0.29, 0.717) is 0 Å². The van der Waals surface area contributed by atoms with Gasteiger partial charge in [0.15, 0.2) is 11.9 Å². The number of carbonyl (C=O) groups excluding carboxylic acids is 4. The molecule has 0 heterocycles. The predicted molar refractivity (Wildman–Crippen MR) is 265 cm³/mol. The molecule has 0 aliphatic rings. The summed E-state index contributed by atoms with van der Waals surface area (Å²) in [4.78, 5) is 45.4. The standard InChI is InChI=1S/2C18H15P.C12H12O8.2C2H3N.BF4.Ir/c2*1-4-10-16(11-5-1)19(17-12-6-2-7-13-17)18-14-8-3-9-15-18;1-17-9(13)5-7(11(15)19-3)8(12(16)20-4)6-10(14)18-2;2*1-2-3;2-1(3,4)5;/h2*1-15H;1-4H3;2*1H3;;/q;;-2;;;-1;+3. The molecular weight excluding hydrogens is 1120 g/mol. The van der Waals surface area contributed by atoms with Crippen LogP contribution in [0.1, 0.15) is 13.8 Å². The van der Waals surface area contributed by atoms with Gasteiger partial charge in [0.25, 0.3) is 11.9 Å². The molecule has 0 amide bonds. The van der Waals surface area contributed by atoms with E-state index in [1.54, 1.807) is 12.1 Å². The Kier molecular flexibility index (Phi) is 33.2. The Morgan fingerprint density at radius 2 is 0.571 bits per heavy atom. The quantitative estimate of drug-likeness (QED) is 0.0181. The number of hydrogen-bond donors (Lipinski definition) is 0. The van der Waals surface area contributed by atoms with E-state index >= 15 is 0 Å². The van der Waals surface area contributed by atoms with Gasteiger partial charge in [0, 0.05) is 13.8 Å². The number of benzene rings is 6. The van der Waals surface area contributed by atoms with Gasteiger partial charge < -0.3 is 45.8 Å². The van der Waals surface area contributed by atoms with Crippen molar-refractivity contribution in [1.29, 1.82) is 10.5 Å². The van der Waals surface area contributed by atoms with Crippen molar-refractivity contribution in [2.45, 2.75) is 13.8 Å². The van der Waals surface area contributed by atoms with Gasteiger partial charge in [0.2, 0.25) is 0 Å². The molecule has 70 heavy (non-hydrogen) atoms. The molecule has 6 rings (SSSR count). The fraction of sp³-hybridized carbons (Fsp3) is 0.115. The molecule has 6 aromatic rings. The summed E-state index contributed by atoms with van der Waals surface area (Å²) in [6.07, 6.45) is 3.87. The van der Waals surface area contributed by atoms with Crippen LogP contribution in [0.3, 0.4) is 0 Å². The summed E-state index contributed by atoms with van der Waals surface area (Å²) < 4.78 is 56.3. The van der Waals surface area contributed by atoms with Gasteiger partial charge in [-0.1, -0.05) is 182 Å². The molecule has 18 heteroatoms. The number of esters is 4. The minimum Gasteiger partial charge on any atom is -0.531 e. The van der Waals surface area contributed by atoms with Crippen LogP contribution in [0.2, 0.25) is 0 Å². The molecular formula is C52H48BF4IrN2O8P2. The molecule has 364 valence electrons.